The molecule has 1 amide bonds. The molecule has 0 fully saturated rings. The average molecular weight is 267 g/mol. The van der Waals surface area contributed by atoms with Crippen LogP contribution in [-0.4, -0.2) is 32.6 Å². The molecule has 6 heteroatoms. The molecule has 0 saturated heterocycles. The van der Waals surface area contributed by atoms with Gasteiger partial charge < -0.3 is 15.0 Å². The van der Waals surface area contributed by atoms with Crippen LogP contribution in [0.25, 0.3) is 0 Å². The van der Waals surface area contributed by atoms with Gasteiger partial charge in [-0.3, -0.25) is 9.59 Å². The minimum atomic E-state index is -1.12. The summed E-state index contributed by atoms with van der Waals surface area (Å²) in [6.07, 6.45) is 5.15. The van der Waals surface area contributed by atoms with E-state index in [1.165, 1.54) is 6.92 Å². The molecule has 0 spiro atoms. The molecule has 1 rings (SSSR count). The molecule has 0 aliphatic heterocycles. The van der Waals surface area contributed by atoms with E-state index in [0.29, 0.717) is 6.54 Å². The molecular weight excluding hydrogens is 246 g/mol. The average Bonchev–Trinajstić information content (AvgIpc) is 2.78. The predicted molar refractivity (Wildman–Crippen MR) is 70.4 cm³/mol. The highest BCUT2D eigenvalue weighted by Gasteiger charge is 2.30. The maximum Gasteiger partial charge on any atom is 0.315 e. The van der Waals surface area contributed by atoms with Gasteiger partial charge in [0.1, 0.15) is 5.92 Å². The molecule has 1 aromatic rings. The Labute approximate surface area is 112 Å². The van der Waals surface area contributed by atoms with Gasteiger partial charge in [0.2, 0.25) is 5.91 Å². The van der Waals surface area contributed by atoms with Gasteiger partial charge in [-0.1, -0.05) is 20.8 Å². The zero-order valence-electron chi connectivity index (χ0n) is 11.8. The van der Waals surface area contributed by atoms with Gasteiger partial charge in [-0.15, -0.1) is 0 Å². The van der Waals surface area contributed by atoms with Crippen molar-refractivity contribution in [3.63, 3.8) is 0 Å². The summed E-state index contributed by atoms with van der Waals surface area (Å²) in [5.74, 6) is -2.63. The maximum absolute atomic E-state index is 11.9. The summed E-state index contributed by atoms with van der Waals surface area (Å²) in [5, 5.41) is 11.7. The Morgan fingerprint density at radius 2 is 2.05 bits per heavy atom. The number of aromatic nitrogens is 2. The highest BCUT2D eigenvalue weighted by molar-refractivity contribution is 5.96. The Hall–Kier alpha value is -1.85. The van der Waals surface area contributed by atoms with Crippen LogP contribution in [0.2, 0.25) is 0 Å². The van der Waals surface area contributed by atoms with Crippen molar-refractivity contribution in [3.8, 4) is 0 Å². The second-order valence-electron chi connectivity index (χ2n) is 5.75. The van der Waals surface area contributed by atoms with Crippen molar-refractivity contribution < 1.29 is 14.7 Å². The van der Waals surface area contributed by atoms with E-state index in [4.69, 9.17) is 5.11 Å². The molecule has 106 valence electrons. The van der Waals surface area contributed by atoms with Crippen molar-refractivity contribution >= 4 is 11.9 Å². The lowest BCUT2D eigenvalue weighted by atomic mass is 9.86. The zero-order chi connectivity index (χ0) is 14.6. The van der Waals surface area contributed by atoms with E-state index in [2.05, 4.69) is 10.3 Å². The molecule has 0 saturated carbocycles. The lowest BCUT2D eigenvalue weighted by Gasteiger charge is -2.32. The molecule has 6 nitrogen and oxygen atoms in total. The second kappa shape index (κ2) is 5.86. The van der Waals surface area contributed by atoms with Crippen LogP contribution in [0.4, 0.5) is 0 Å². The van der Waals surface area contributed by atoms with Gasteiger partial charge in [-0.05, 0) is 12.3 Å². The molecule has 0 bridgehead atoms. The summed E-state index contributed by atoms with van der Waals surface area (Å²) < 4.78 is 1.86. The van der Waals surface area contributed by atoms with Gasteiger partial charge >= 0.3 is 5.97 Å². The number of carboxylic acid groups (broad SMARTS) is 1. The third-order valence-corrected chi connectivity index (χ3v) is 3.08. The number of amides is 1. The van der Waals surface area contributed by atoms with E-state index in [1.54, 1.807) is 12.5 Å². The zero-order valence-corrected chi connectivity index (χ0v) is 11.8. The topological polar surface area (TPSA) is 84.2 Å². The van der Waals surface area contributed by atoms with Crippen molar-refractivity contribution in [1.29, 1.82) is 0 Å². The number of hydrogen-bond donors (Lipinski definition) is 2. The van der Waals surface area contributed by atoms with Gasteiger partial charge in [-0.2, -0.15) is 0 Å². The third-order valence-electron chi connectivity index (χ3n) is 3.08. The molecule has 2 atom stereocenters. The van der Waals surface area contributed by atoms with E-state index >= 15 is 0 Å². The van der Waals surface area contributed by atoms with Crippen molar-refractivity contribution in [3.05, 3.63) is 18.7 Å². The number of carboxylic acids is 1. The minimum Gasteiger partial charge on any atom is -0.481 e. The molecular formula is C13H21N3O3. The smallest absolute Gasteiger partial charge is 0.315 e. The minimum absolute atomic E-state index is 0.170. The van der Waals surface area contributed by atoms with Crippen LogP contribution in [0.1, 0.15) is 27.7 Å². The summed E-state index contributed by atoms with van der Waals surface area (Å²) >= 11 is 0. The van der Waals surface area contributed by atoms with Crippen LogP contribution < -0.4 is 5.32 Å². The lowest BCUT2D eigenvalue weighted by molar-refractivity contribution is -0.146. The van der Waals surface area contributed by atoms with Crippen LogP contribution in [0.15, 0.2) is 18.7 Å². The van der Waals surface area contributed by atoms with E-state index in [9.17, 15) is 9.59 Å². The summed E-state index contributed by atoms with van der Waals surface area (Å²) in [6.45, 7) is 7.94. The van der Waals surface area contributed by atoms with Crippen LogP contribution in [0, 0.1) is 11.3 Å². The van der Waals surface area contributed by atoms with Gasteiger partial charge in [0.25, 0.3) is 0 Å². The quantitative estimate of drug-likeness (QED) is 0.783. The fourth-order valence-corrected chi connectivity index (χ4v) is 1.55. The first-order valence-electron chi connectivity index (χ1n) is 6.20. The Kier molecular flexibility index (Phi) is 4.69. The summed E-state index contributed by atoms with van der Waals surface area (Å²) in [5.41, 5.74) is -0.182. The van der Waals surface area contributed by atoms with Gasteiger partial charge in [0, 0.05) is 18.9 Å². The first-order valence-corrected chi connectivity index (χ1v) is 6.20. The Balaban J connectivity index is 2.76. The van der Waals surface area contributed by atoms with E-state index < -0.39 is 17.8 Å². The second-order valence-corrected chi connectivity index (χ2v) is 5.75. The molecule has 0 radical (unpaired) electrons. The van der Waals surface area contributed by atoms with Crippen LogP contribution in [-0.2, 0) is 16.1 Å². The number of aliphatic carboxylic acids is 1. The molecule has 1 aromatic heterocycles. The molecule has 19 heavy (non-hydrogen) atoms. The number of hydrogen-bond acceptors (Lipinski definition) is 3. The number of nitrogens with one attached hydrogen (secondary N) is 1. The summed E-state index contributed by atoms with van der Waals surface area (Å²) in [6, 6.07) is -0.170. The fraction of sp³-hybridized carbons (Fsp3) is 0.615. The normalized spacial score (nSPS) is 14.7. The first-order chi connectivity index (χ1) is 8.71. The number of carbonyl (C=O) groups excluding carboxylic acids is 1. The summed E-state index contributed by atoms with van der Waals surface area (Å²) in [4.78, 5) is 26.6. The number of nitrogens with zero attached hydrogens (tertiary/aromatic N) is 2. The Morgan fingerprint density at radius 3 is 2.47 bits per heavy atom. The number of rotatable bonds is 5. The monoisotopic (exact) mass is 267 g/mol. The third kappa shape index (κ3) is 4.39. The molecule has 1 heterocycles. The Bertz CT molecular complexity index is 434. The highest BCUT2D eigenvalue weighted by Crippen LogP contribution is 2.21. The number of imidazole rings is 1. The van der Waals surface area contributed by atoms with Crippen molar-refractivity contribution in [1.82, 2.24) is 14.9 Å². The van der Waals surface area contributed by atoms with Crippen LogP contribution in [0.3, 0.4) is 0 Å². The molecule has 0 aromatic carbocycles. The molecule has 0 aliphatic carbocycles. The SMILES string of the molecule is CC(C(=O)O)C(=O)NC(Cn1ccnc1)C(C)(C)C. The van der Waals surface area contributed by atoms with Gasteiger partial charge in [-0.25, -0.2) is 4.98 Å². The molecule has 2 unspecified atom stereocenters. The molecule has 2 N–H and O–H groups in total. The van der Waals surface area contributed by atoms with E-state index in [0.717, 1.165) is 0 Å². The first kappa shape index (κ1) is 15.2. The lowest BCUT2D eigenvalue weighted by Crippen LogP contribution is -2.49. The Morgan fingerprint density at radius 1 is 1.42 bits per heavy atom. The van der Waals surface area contributed by atoms with Crippen molar-refractivity contribution in [2.75, 3.05) is 0 Å². The maximum atomic E-state index is 11.9. The van der Waals surface area contributed by atoms with Crippen molar-refractivity contribution in [2.45, 2.75) is 40.3 Å². The fourth-order valence-electron chi connectivity index (χ4n) is 1.55. The van der Waals surface area contributed by atoms with Gasteiger partial charge in [0.05, 0.1) is 12.4 Å². The summed E-state index contributed by atoms with van der Waals surface area (Å²) in [7, 11) is 0. The van der Waals surface area contributed by atoms with E-state index in [-0.39, 0.29) is 11.5 Å². The van der Waals surface area contributed by atoms with Crippen molar-refractivity contribution in [2.24, 2.45) is 11.3 Å². The van der Waals surface area contributed by atoms with Crippen LogP contribution >= 0.6 is 0 Å². The number of carbonyl (C=O) groups is 2. The highest BCUT2D eigenvalue weighted by atomic mass is 16.4. The molecule has 0 aliphatic rings. The van der Waals surface area contributed by atoms with E-state index in [1.807, 2.05) is 31.5 Å². The predicted octanol–water partition coefficient (Wildman–Crippen LogP) is 1.13. The largest absolute Gasteiger partial charge is 0.481 e. The van der Waals surface area contributed by atoms with Crippen LogP contribution in [0.5, 0.6) is 0 Å². The standard InChI is InChI=1S/C13H21N3O3/c1-9(12(18)19)11(17)15-10(13(2,3)4)7-16-6-5-14-8-16/h5-6,8-10H,7H2,1-4H3,(H,15,17)(H,18,19). The van der Waals surface area contributed by atoms with Gasteiger partial charge in [0.15, 0.2) is 0 Å².